The molecular weight excluding hydrogens is 408 g/mol. The average Bonchev–Trinajstić information content (AvgIpc) is 3.22. The number of carbonyl (C=O) groups is 1. The first-order valence-electron chi connectivity index (χ1n) is 10.5. The standard InChI is InChI=1S/C24H26N4O4/c1-5-31-17-13-11-16(12-14-17)21-20(23(29)32-6-2)15(3)25-24-26-22(27-28(21)24)18-9-7-8-10-19(18)30-4/h7-14,21H,5-6H2,1-4H3,(H,25,26,27). The van der Waals surface area contributed by atoms with Gasteiger partial charge in [0.2, 0.25) is 5.95 Å². The number of rotatable bonds is 7. The molecule has 0 amide bonds. The second kappa shape index (κ2) is 9.13. The van der Waals surface area contributed by atoms with Crippen LogP contribution in [0.1, 0.15) is 32.4 Å². The summed E-state index contributed by atoms with van der Waals surface area (Å²) in [7, 11) is 1.61. The number of hydrogen-bond donors (Lipinski definition) is 1. The number of carbonyl (C=O) groups excluding carboxylic acids is 1. The zero-order chi connectivity index (χ0) is 22.7. The molecule has 0 spiro atoms. The van der Waals surface area contributed by atoms with Gasteiger partial charge in [0.1, 0.15) is 17.5 Å². The highest BCUT2D eigenvalue weighted by Crippen LogP contribution is 2.38. The first kappa shape index (κ1) is 21.4. The molecule has 0 bridgehead atoms. The Morgan fingerprint density at radius 1 is 1.09 bits per heavy atom. The highest BCUT2D eigenvalue weighted by atomic mass is 16.5. The van der Waals surface area contributed by atoms with Gasteiger partial charge in [-0.1, -0.05) is 24.3 Å². The van der Waals surface area contributed by atoms with Crippen LogP contribution in [0.25, 0.3) is 11.4 Å². The van der Waals surface area contributed by atoms with Crippen LogP contribution in [0.5, 0.6) is 11.5 Å². The van der Waals surface area contributed by atoms with Gasteiger partial charge >= 0.3 is 5.97 Å². The normalized spacial score (nSPS) is 15.1. The predicted molar refractivity (Wildman–Crippen MR) is 121 cm³/mol. The summed E-state index contributed by atoms with van der Waals surface area (Å²) >= 11 is 0. The molecule has 32 heavy (non-hydrogen) atoms. The summed E-state index contributed by atoms with van der Waals surface area (Å²) in [5.74, 6) is 2.07. The number of aromatic nitrogens is 3. The lowest BCUT2D eigenvalue weighted by Gasteiger charge is -2.28. The topological polar surface area (TPSA) is 87.5 Å². The van der Waals surface area contributed by atoms with Crippen molar-refractivity contribution >= 4 is 11.9 Å². The van der Waals surface area contributed by atoms with Crippen LogP contribution in [0.3, 0.4) is 0 Å². The van der Waals surface area contributed by atoms with Crippen LogP contribution in [-0.2, 0) is 9.53 Å². The Kier molecular flexibility index (Phi) is 6.11. The van der Waals surface area contributed by atoms with Gasteiger partial charge in [0.05, 0.1) is 31.5 Å². The third-order valence-corrected chi connectivity index (χ3v) is 5.20. The lowest BCUT2D eigenvalue weighted by atomic mass is 9.96. The molecule has 166 valence electrons. The maximum atomic E-state index is 12.9. The summed E-state index contributed by atoms with van der Waals surface area (Å²) in [6.45, 7) is 6.43. The van der Waals surface area contributed by atoms with E-state index in [-0.39, 0.29) is 6.61 Å². The lowest BCUT2D eigenvalue weighted by molar-refractivity contribution is -0.139. The Morgan fingerprint density at radius 2 is 1.84 bits per heavy atom. The van der Waals surface area contributed by atoms with E-state index in [2.05, 4.69) is 5.32 Å². The van der Waals surface area contributed by atoms with Crippen LogP contribution in [-0.4, -0.2) is 41.1 Å². The van der Waals surface area contributed by atoms with Gasteiger partial charge < -0.3 is 19.5 Å². The zero-order valence-electron chi connectivity index (χ0n) is 18.6. The van der Waals surface area contributed by atoms with Crippen molar-refractivity contribution < 1.29 is 19.0 Å². The van der Waals surface area contributed by atoms with E-state index in [0.717, 1.165) is 16.9 Å². The summed E-state index contributed by atoms with van der Waals surface area (Å²) in [6, 6.07) is 14.7. The van der Waals surface area contributed by atoms with Crippen LogP contribution in [0, 0.1) is 0 Å². The Bertz CT molecular complexity index is 1150. The quantitative estimate of drug-likeness (QED) is 0.558. The van der Waals surface area contributed by atoms with E-state index >= 15 is 0 Å². The number of ether oxygens (including phenoxy) is 3. The van der Waals surface area contributed by atoms with Crippen molar-refractivity contribution in [3.63, 3.8) is 0 Å². The molecule has 8 nitrogen and oxygen atoms in total. The van der Waals surface area contributed by atoms with E-state index in [1.807, 2.05) is 62.4 Å². The molecular formula is C24H26N4O4. The van der Waals surface area contributed by atoms with E-state index in [4.69, 9.17) is 24.3 Å². The van der Waals surface area contributed by atoms with E-state index < -0.39 is 12.0 Å². The van der Waals surface area contributed by atoms with Gasteiger partial charge in [-0.3, -0.25) is 0 Å². The lowest BCUT2D eigenvalue weighted by Crippen LogP contribution is -2.29. The molecule has 0 fully saturated rings. The zero-order valence-corrected chi connectivity index (χ0v) is 18.6. The van der Waals surface area contributed by atoms with Gasteiger partial charge in [-0.15, -0.1) is 5.10 Å². The Morgan fingerprint density at radius 3 is 2.53 bits per heavy atom. The van der Waals surface area contributed by atoms with Gasteiger partial charge in [0, 0.05) is 5.70 Å². The number of methoxy groups -OCH3 is 1. The van der Waals surface area contributed by atoms with Crippen molar-refractivity contribution in [2.75, 3.05) is 25.6 Å². The van der Waals surface area contributed by atoms with E-state index in [1.165, 1.54) is 0 Å². The van der Waals surface area contributed by atoms with Crippen LogP contribution >= 0.6 is 0 Å². The van der Waals surface area contributed by atoms with E-state index in [9.17, 15) is 4.79 Å². The van der Waals surface area contributed by atoms with Gasteiger partial charge in [-0.2, -0.15) is 4.98 Å². The fraction of sp³-hybridized carbons (Fsp3) is 0.292. The molecule has 0 radical (unpaired) electrons. The van der Waals surface area contributed by atoms with Crippen molar-refractivity contribution in [3.05, 3.63) is 65.4 Å². The molecule has 2 heterocycles. The SMILES string of the molecule is CCOC(=O)C1=C(C)Nc2nc(-c3ccccc3OC)nn2C1c1ccc(OCC)cc1. The first-order valence-corrected chi connectivity index (χ1v) is 10.5. The number of fused-ring (bicyclic) bond motifs is 1. The Balaban J connectivity index is 1.84. The number of hydrogen-bond acceptors (Lipinski definition) is 7. The molecule has 1 aromatic heterocycles. The summed E-state index contributed by atoms with van der Waals surface area (Å²) in [5, 5.41) is 7.97. The highest BCUT2D eigenvalue weighted by molar-refractivity contribution is 5.92. The summed E-state index contributed by atoms with van der Waals surface area (Å²) in [5.41, 5.74) is 2.79. The smallest absolute Gasteiger partial charge is 0.338 e. The number of allylic oxidation sites excluding steroid dienone is 1. The van der Waals surface area contributed by atoms with Gasteiger partial charge in [0.15, 0.2) is 5.82 Å². The van der Waals surface area contributed by atoms with Crippen molar-refractivity contribution in [3.8, 4) is 22.9 Å². The van der Waals surface area contributed by atoms with Crippen LogP contribution in [0.4, 0.5) is 5.95 Å². The molecule has 1 unspecified atom stereocenters. The first-order chi connectivity index (χ1) is 15.6. The molecule has 8 heteroatoms. The average molecular weight is 434 g/mol. The minimum atomic E-state index is -0.503. The largest absolute Gasteiger partial charge is 0.496 e. The van der Waals surface area contributed by atoms with Crippen molar-refractivity contribution in [1.82, 2.24) is 14.8 Å². The molecule has 1 atom stereocenters. The fourth-order valence-corrected chi connectivity index (χ4v) is 3.79. The van der Waals surface area contributed by atoms with Gasteiger partial charge in [-0.25, -0.2) is 9.48 Å². The maximum absolute atomic E-state index is 12.9. The monoisotopic (exact) mass is 434 g/mol. The third-order valence-electron chi connectivity index (χ3n) is 5.20. The predicted octanol–water partition coefficient (Wildman–Crippen LogP) is 4.20. The van der Waals surface area contributed by atoms with Crippen LogP contribution in [0.15, 0.2) is 59.8 Å². The number of esters is 1. The third kappa shape index (κ3) is 3.91. The number of anilines is 1. The summed E-state index contributed by atoms with van der Waals surface area (Å²) in [4.78, 5) is 17.6. The van der Waals surface area contributed by atoms with Crippen molar-refractivity contribution in [1.29, 1.82) is 0 Å². The second-order valence-electron chi connectivity index (χ2n) is 7.19. The Labute approximate surface area is 186 Å². The summed E-state index contributed by atoms with van der Waals surface area (Å²) in [6.07, 6.45) is 0. The van der Waals surface area contributed by atoms with Crippen LogP contribution < -0.4 is 14.8 Å². The molecule has 1 N–H and O–H groups in total. The number of para-hydroxylation sites is 1. The summed E-state index contributed by atoms with van der Waals surface area (Å²) < 4.78 is 18.1. The molecule has 2 aromatic carbocycles. The second-order valence-corrected chi connectivity index (χ2v) is 7.19. The minimum absolute atomic E-state index is 0.280. The molecule has 0 saturated carbocycles. The molecule has 4 rings (SSSR count). The fourth-order valence-electron chi connectivity index (χ4n) is 3.79. The molecule has 1 aliphatic heterocycles. The molecule has 1 aliphatic rings. The van der Waals surface area contributed by atoms with Gasteiger partial charge in [-0.05, 0) is 50.6 Å². The molecule has 0 aliphatic carbocycles. The maximum Gasteiger partial charge on any atom is 0.338 e. The number of nitrogens with zero attached hydrogens (tertiary/aromatic N) is 3. The van der Waals surface area contributed by atoms with E-state index in [1.54, 1.807) is 18.7 Å². The van der Waals surface area contributed by atoms with Crippen molar-refractivity contribution in [2.45, 2.75) is 26.8 Å². The molecule has 3 aromatic rings. The number of nitrogens with one attached hydrogen (secondary N) is 1. The van der Waals surface area contributed by atoms with E-state index in [0.29, 0.717) is 35.4 Å². The van der Waals surface area contributed by atoms with Crippen LogP contribution in [0.2, 0.25) is 0 Å². The van der Waals surface area contributed by atoms with Gasteiger partial charge in [0.25, 0.3) is 0 Å². The van der Waals surface area contributed by atoms with Crippen molar-refractivity contribution in [2.24, 2.45) is 0 Å². The number of benzene rings is 2. The molecule has 0 saturated heterocycles. The minimum Gasteiger partial charge on any atom is -0.496 e. The Hall–Kier alpha value is -3.81. The highest BCUT2D eigenvalue weighted by Gasteiger charge is 2.35.